The first-order valence-electron chi connectivity index (χ1n) is 6.58. The van der Waals surface area contributed by atoms with E-state index in [1.807, 2.05) is 13.0 Å². The average molecular weight is 288 g/mol. The van der Waals surface area contributed by atoms with Crippen LogP contribution in [0.1, 0.15) is 23.9 Å². The molecule has 1 heterocycles. The Labute approximate surface area is 121 Å². The molecule has 0 radical (unpaired) electrons. The van der Waals surface area contributed by atoms with Crippen LogP contribution >= 0.6 is 0 Å². The van der Waals surface area contributed by atoms with E-state index in [-0.39, 0.29) is 11.2 Å². The highest BCUT2D eigenvalue weighted by Crippen LogP contribution is 2.21. The largest absolute Gasteiger partial charge is 0.366 e. The normalized spacial score (nSPS) is 10.4. The van der Waals surface area contributed by atoms with Crippen molar-refractivity contribution in [1.82, 2.24) is 9.97 Å². The molecule has 1 aromatic carbocycles. The predicted octanol–water partition coefficient (Wildman–Crippen LogP) is 2.16. The Kier molecular flexibility index (Phi) is 4.32. The van der Waals surface area contributed by atoms with Crippen LogP contribution in [0.15, 0.2) is 29.1 Å². The molecule has 0 aliphatic rings. The lowest BCUT2D eigenvalue weighted by Crippen LogP contribution is -2.13. The first-order valence-corrected chi connectivity index (χ1v) is 6.58. The summed E-state index contributed by atoms with van der Waals surface area (Å²) in [4.78, 5) is 28.9. The van der Waals surface area contributed by atoms with Crippen molar-refractivity contribution in [2.75, 3.05) is 5.32 Å². The van der Waals surface area contributed by atoms with Gasteiger partial charge in [-0.25, -0.2) is 4.98 Å². The number of H-pyrrole nitrogens is 1. The van der Waals surface area contributed by atoms with Crippen LogP contribution in [-0.2, 0) is 13.0 Å². The minimum absolute atomic E-state index is 0.0856. The molecule has 0 amide bonds. The molecule has 2 rings (SSSR count). The van der Waals surface area contributed by atoms with Gasteiger partial charge in [-0.05, 0) is 12.5 Å². The molecule has 0 saturated heterocycles. The number of anilines is 1. The van der Waals surface area contributed by atoms with E-state index < -0.39 is 4.92 Å². The second-order valence-corrected chi connectivity index (χ2v) is 4.60. The zero-order chi connectivity index (χ0) is 15.4. The van der Waals surface area contributed by atoms with E-state index in [1.165, 1.54) is 12.1 Å². The number of nitro benzene ring substituents is 1. The highest BCUT2D eigenvalue weighted by molar-refractivity contribution is 5.46. The fourth-order valence-corrected chi connectivity index (χ4v) is 2.01. The maximum absolute atomic E-state index is 11.5. The molecule has 110 valence electrons. The first-order chi connectivity index (χ1) is 10.0. The Hall–Kier alpha value is -2.70. The number of nitro groups is 1. The van der Waals surface area contributed by atoms with Crippen molar-refractivity contribution in [3.63, 3.8) is 0 Å². The molecule has 2 N–H and O–H groups in total. The molecule has 0 aliphatic heterocycles. The SMILES string of the molecule is CCc1nc(NCc2cccc([N+](=O)[O-])c2C)cc(=O)[nH]1. The summed E-state index contributed by atoms with van der Waals surface area (Å²) in [5, 5.41) is 13.9. The smallest absolute Gasteiger partial charge is 0.272 e. The second kappa shape index (κ2) is 6.17. The third-order valence-electron chi connectivity index (χ3n) is 3.20. The van der Waals surface area contributed by atoms with Gasteiger partial charge in [0.05, 0.1) is 4.92 Å². The van der Waals surface area contributed by atoms with Gasteiger partial charge >= 0.3 is 0 Å². The van der Waals surface area contributed by atoms with Gasteiger partial charge in [0.1, 0.15) is 11.6 Å². The van der Waals surface area contributed by atoms with Crippen molar-refractivity contribution in [3.8, 4) is 0 Å². The molecule has 0 bridgehead atoms. The van der Waals surface area contributed by atoms with Gasteiger partial charge in [0.15, 0.2) is 0 Å². The van der Waals surface area contributed by atoms with Crippen molar-refractivity contribution in [2.45, 2.75) is 26.8 Å². The van der Waals surface area contributed by atoms with Crippen molar-refractivity contribution >= 4 is 11.5 Å². The summed E-state index contributed by atoms with van der Waals surface area (Å²) in [5.41, 5.74) is 1.27. The van der Waals surface area contributed by atoms with Crippen LogP contribution in [-0.4, -0.2) is 14.9 Å². The molecule has 0 aliphatic carbocycles. The molecule has 21 heavy (non-hydrogen) atoms. The summed E-state index contributed by atoms with van der Waals surface area (Å²) in [6.07, 6.45) is 0.626. The number of nitrogens with zero attached hydrogens (tertiary/aromatic N) is 2. The lowest BCUT2D eigenvalue weighted by molar-refractivity contribution is -0.385. The van der Waals surface area contributed by atoms with Crippen molar-refractivity contribution < 1.29 is 4.92 Å². The highest BCUT2D eigenvalue weighted by atomic mass is 16.6. The second-order valence-electron chi connectivity index (χ2n) is 4.60. The monoisotopic (exact) mass is 288 g/mol. The summed E-state index contributed by atoms with van der Waals surface area (Å²) in [6, 6.07) is 6.29. The first kappa shape index (κ1) is 14.7. The Morgan fingerprint density at radius 2 is 2.19 bits per heavy atom. The molecule has 0 unspecified atom stereocenters. The lowest BCUT2D eigenvalue weighted by atomic mass is 10.1. The van der Waals surface area contributed by atoms with E-state index in [0.29, 0.717) is 30.2 Å². The molecule has 7 nitrogen and oxygen atoms in total. The van der Waals surface area contributed by atoms with Crippen LogP contribution in [0.5, 0.6) is 0 Å². The standard InChI is InChI=1S/C14H16N4O3/c1-3-12-16-13(7-14(19)17-12)15-8-10-5-4-6-11(9(10)2)18(20)21/h4-7H,3,8H2,1-2H3,(H2,15,16,17,19). The van der Waals surface area contributed by atoms with Crippen LogP contribution in [0.25, 0.3) is 0 Å². The van der Waals surface area contributed by atoms with Crippen LogP contribution in [0.3, 0.4) is 0 Å². The Morgan fingerprint density at radius 3 is 2.86 bits per heavy atom. The number of nitrogens with one attached hydrogen (secondary N) is 2. The summed E-state index contributed by atoms with van der Waals surface area (Å²) in [6.45, 7) is 3.97. The number of aromatic amines is 1. The summed E-state index contributed by atoms with van der Waals surface area (Å²) >= 11 is 0. The zero-order valence-corrected chi connectivity index (χ0v) is 11.8. The molecular formula is C14H16N4O3. The van der Waals surface area contributed by atoms with E-state index in [9.17, 15) is 14.9 Å². The van der Waals surface area contributed by atoms with Gasteiger partial charge in [-0.2, -0.15) is 0 Å². The lowest BCUT2D eigenvalue weighted by Gasteiger charge is -2.09. The van der Waals surface area contributed by atoms with Crippen LogP contribution in [0, 0.1) is 17.0 Å². The summed E-state index contributed by atoms with van der Waals surface area (Å²) in [5.74, 6) is 1.06. The van der Waals surface area contributed by atoms with Crippen molar-refractivity contribution in [1.29, 1.82) is 0 Å². The van der Waals surface area contributed by atoms with Gasteiger partial charge in [-0.3, -0.25) is 14.9 Å². The number of aromatic nitrogens is 2. The molecule has 1 aromatic heterocycles. The zero-order valence-electron chi connectivity index (χ0n) is 11.8. The van der Waals surface area contributed by atoms with Crippen LogP contribution < -0.4 is 10.9 Å². The molecule has 0 spiro atoms. The van der Waals surface area contributed by atoms with E-state index in [4.69, 9.17) is 0 Å². The van der Waals surface area contributed by atoms with Crippen molar-refractivity contribution in [2.24, 2.45) is 0 Å². The van der Waals surface area contributed by atoms with Gasteiger partial charge in [0.2, 0.25) is 0 Å². The van der Waals surface area contributed by atoms with Gasteiger partial charge in [0.25, 0.3) is 11.2 Å². The Balaban J connectivity index is 2.21. The fourth-order valence-electron chi connectivity index (χ4n) is 2.01. The number of benzene rings is 1. The fraction of sp³-hybridized carbons (Fsp3) is 0.286. The molecule has 2 aromatic rings. The van der Waals surface area contributed by atoms with Gasteiger partial charge in [0, 0.05) is 30.7 Å². The topological polar surface area (TPSA) is 101 Å². The Bertz CT molecular complexity index is 724. The Morgan fingerprint density at radius 1 is 1.43 bits per heavy atom. The van der Waals surface area contributed by atoms with Crippen LogP contribution in [0.4, 0.5) is 11.5 Å². The molecule has 7 heteroatoms. The molecule has 0 fully saturated rings. The number of rotatable bonds is 5. The minimum atomic E-state index is -0.403. The van der Waals surface area contributed by atoms with E-state index >= 15 is 0 Å². The summed E-state index contributed by atoms with van der Waals surface area (Å²) in [7, 11) is 0. The van der Waals surface area contributed by atoms with E-state index in [1.54, 1.807) is 13.0 Å². The van der Waals surface area contributed by atoms with Crippen molar-refractivity contribution in [3.05, 3.63) is 61.7 Å². The summed E-state index contributed by atoms with van der Waals surface area (Å²) < 4.78 is 0. The number of hydrogen-bond donors (Lipinski definition) is 2. The van der Waals surface area contributed by atoms with Gasteiger partial charge in [-0.1, -0.05) is 19.1 Å². The number of aryl methyl sites for hydroxylation is 1. The third-order valence-corrected chi connectivity index (χ3v) is 3.20. The van der Waals surface area contributed by atoms with E-state index in [0.717, 1.165) is 5.56 Å². The molecule has 0 atom stereocenters. The predicted molar refractivity (Wildman–Crippen MR) is 79.4 cm³/mol. The highest BCUT2D eigenvalue weighted by Gasteiger charge is 2.13. The minimum Gasteiger partial charge on any atom is -0.366 e. The van der Waals surface area contributed by atoms with Gasteiger partial charge in [-0.15, -0.1) is 0 Å². The third kappa shape index (κ3) is 3.44. The molecule has 0 saturated carbocycles. The van der Waals surface area contributed by atoms with Crippen LogP contribution in [0.2, 0.25) is 0 Å². The van der Waals surface area contributed by atoms with E-state index in [2.05, 4.69) is 15.3 Å². The quantitative estimate of drug-likeness (QED) is 0.648. The number of hydrogen-bond acceptors (Lipinski definition) is 5. The van der Waals surface area contributed by atoms with Gasteiger partial charge < -0.3 is 10.3 Å². The average Bonchev–Trinajstić information content (AvgIpc) is 2.45. The maximum atomic E-state index is 11.5. The maximum Gasteiger partial charge on any atom is 0.272 e. The molecular weight excluding hydrogens is 272 g/mol.